The lowest BCUT2D eigenvalue weighted by molar-refractivity contribution is -0.132. The van der Waals surface area contributed by atoms with E-state index in [-0.39, 0.29) is 30.6 Å². The molecule has 122 valence electrons. The van der Waals surface area contributed by atoms with Gasteiger partial charge in [-0.3, -0.25) is 25.2 Å². The highest BCUT2D eigenvalue weighted by Gasteiger charge is 2.33. The predicted molar refractivity (Wildman–Crippen MR) is 84.2 cm³/mol. The van der Waals surface area contributed by atoms with Gasteiger partial charge < -0.3 is 9.80 Å². The maximum atomic E-state index is 12.3. The summed E-state index contributed by atoms with van der Waals surface area (Å²) in [6, 6.07) is 10.1. The Balaban J connectivity index is 1.47. The van der Waals surface area contributed by atoms with E-state index in [9.17, 15) is 14.4 Å². The van der Waals surface area contributed by atoms with Gasteiger partial charge in [0.2, 0.25) is 5.91 Å². The van der Waals surface area contributed by atoms with E-state index in [2.05, 4.69) is 27.9 Å². The smallest absolute Gasteiger partial charge is 0.251 e. The van der Waals surface area contributed by atoms with E-state index >= 15 is 0 Å². The standard InChI is InChI=1S/C16H20N4O3/c21-14(7-6-13-15(22)17-18-16(13)23)20-10-8-19(9-11-20)12-4-2-1-3-5-12/h1-5,13H,6-11H2,(H,17,22)(H,18,23). The van der Waals surface area contributed by atoms with Gasteiger partial charge in [0.05, 0.1) is 0 Å². The molecule has 3 amide bonds. The van der Waals surface area contributed by atoms with Crippen LogP contribution in [0.4, 0.5) is 5.69 Å². The Kier molecular flexibility index (Phi) is 4.45. The van der Waals surface area contributed by atoms with Gasteiger partial charge in [0.1, 0.15) is 5.92 Å². The number of carbonyl (C=O) groups excluding carboxylic acids is 3. The third kappa shape index (κ3) is 3.44. The molecule has 0 aromatic heterocycles. The number of hydrogen-bond acceptors (Lipinski definition) is 4. The van der Waals surface area contributed by atoms with Gasteiger partial charge in [0, 0.05) is 38.3 Å². The first kappa shape index (κ1) is 15.3. The molecule has 0 radical (unpaired) electrons. The number of piperazine rings is 1. The number of para-hydroxylation sites is 1. The molecule has 0 bridgehead atoms. The average Bonchev–Trinajstić information content (AvgIpc) is 2.92. The summed E-state index contributed by atoms with van der Waals surface area (Å²) < 4.78 is 0. The lowest BCUT2D eigenvalue weighted by Gasteiger charge is -2.36. The van der Waals surface area contributed by atoms with Gasteiger partial charge in [0.15, 0.2) is 0 Å². The highest BCUT2D eigenvalue weighted by molar-refractivity contribution is 6.05. The van der Waals surface area contributed by atoms with Crippen LogP contribution in [-0.4, -0.2) is 48.8 Å². The molecular formula is C16H20N4O3. The topological polar surface area (TPSA) is 81.8 Å². The van der Waals surface area contributed by atoms with Crippen LogP contribution in [0, 0.1) is 5.92 Å². The van der Waals surface area contributed by atoms with Gasteiger partial charge in [0.25, 0.3) is 11.8 Å². The SMILES string of the molecule is O=C1NNC(=O)C1CCC(=O)N1CCN(c2ccccc2)CC1. The summed E-state index contributed by atoms with van der Waals surface area (Å²) in [5.74, 6) is -1.44. The molecule has 1 aromatic carbocycles. The molecule has 2 fully saturated rings. The van der Waals surface area contributed by atoms with Gasteiger partial charge in [-0.2, -0.15) is 0 Å². The van der Waals surface area contributed by atoms with Crippen LogP contribution >= 0.6 is 0 Å². The summed E-state index contributed by atoms with van der Waals surface area (Å²) in [5.41, 5.74) is 5.72. The van der Waals surface area contributed by atoms with E-state index in [0.717, 1.165) is 13.1 Å². The number of benzene rings is 1. The molecule has 2 heterocycles. The van der Waals surface area contributed by atoms with Crippen molar-refractivity contribution in [1.29, 1.82) is 0 Å². The number of rotatable bonds is 4. The monoisotopic (exact) mass is 316 g/mol. The molecule has 0 atom stereocenters. The van der Waals surface area contributed by atoms with E-state index in [0.29, 0.717) is 13.1 Å². The van der Waals surface area contributed by atoms with Gasteiger partial charge in [-0.1, -0.05) is 18.2 Å². The fourth-order valence-corrected chi connectivity index (χ4v) is 2.96. The Bertz CT molecular complexity index is 581. The van der Waals surface area contributed by atoms with Crippen molar-refractivity contribution in [3.05, 3.63) is 30.3 Å². The summed E-state index contributed by atoms with van der Waals surface area (Å²) in [6.45, 7) is 2.91. The van der Waals surface area contributed by atoms with Crippen molar-refractivity contribution in [3.63, 3.8) is 0 Å². The summed E-state index contributed by atoms with van der Waals surface area (Å²) in [6.07, 6.45) is 0.478. The lowest BCUT2D eigenvalue weighted by Crippen LogP contribution is -2.48. The van der Waals surface area contributed by atoms with Crippen LogP contribution in [0.2, 0.25) is 0 Å². The molecule has 7 heteroatoms. The van der Waals surface area contributed by atoms with Crippen LogP contribution < -0.4 is 15.8 Å². The third-order valence-corrected chi connectivity index (χ3v) is 4.34. The van der Waals surface area contributed by atoms with Crippen molar-refractivity contribution < 1.29 is 14.4 Å². The minimum Gasteiger partial charge on any atom is -0.368 e. The van der Waals surface area contributed by atoms with Crippen molar-refractivity contribution in [2.24, 2.45) is 5.92 Å². The fraction of sp³-hybridized carbons (Fsp3) is 0.438. The second-order valence-electron chi connectivity index (χ2n) is 5.77. The largest absolute Gasteiger partial charge is 0.368 e. The molecule has 1 aromatic rings. The summed E-state index contributed by atoms with van der Waals surface area (Å²) in [5, 5.41) is 0. The van der Waals surface area contributed by atoms with Crippen molar-refractivity contribution in [2.75, 3.05) is 31.1 Å². The molecule has 0 spiro atoms. The zero-order valence-corrected chi connectivity index (χ0v) is 12.8. The molecule has 3 rings (SSSR count). The van der Waals surface area contributed by atoms with Gasteiger partial charge in [-0.05, 0) is 18.6 Å². The molecule has 0 aliphatic carbocycles. The first-order chi connectivity index (χ1) is 11.1. The molecule has 7 nitrogen and oxygen atoms in total. The second kappa shape index (κ2) is 6.68. The number of hydrogen-bond donors (Lipinski definition) is 2. The van der Waals surface area contributed by atoms with E-state index in [1.54, 1.807) is 0 Å². The molecule has 2 aliphatic heterocycles. The quantitative estimate of drug-likeness (QED) is 0.760. The van der Waals surface area contributed by atoms with Gasteiger partial charge >= 0.3 is 0 Å². The zero-order chi connectivity index (χ0) is 16.2. The van der Waals surface area contributed by atoms with E-state index in [4.69, 9.17) is 0 Å². The van der Waals surface area contributed by atoms with Crippen molar-refractivity contribution in [1.82, 2.24) is 15.8 Å². The maximum absolute atomic E-state index is 12.3. The van der Waals surface area contributed by atoms with Crippen LogP contribution in [0.5, 0.6) is 0 Å². The van der Waals surface area contributed by atoms with E-state index in [1.165, 1.54) is 5.69 Å². The fourth-order valence-electron chi connectivity index (χ4n) is 2.96. The maximum Gasteiger partial charge on any atom is 0.251 e. The van der Waals surface area contributed by atoms with Crippen LogP contribution in [0.15, 0.2) is 30.3 Å². The first-order valence-electron chi connectivity index (χ1n) is 7.82. The molecule has 2 N–H and O–H groups in total. The summed E-state index contributed by atoms with van der Waals surface area (Å²) in [4.78, 5) is 39.2. The minimum atomic E-state index is -0.746. The van der Waals surface area contributed by atoms with Crippen LogP contribution in [-0.2, 0) is 14.4 Å². The number of hydrazine groups is 1. The number of nitrogens with one attached hydrogen (secondary N) is 2. The molecule has 2 saturated heterocycles. The number of anilines is 1. The Hall–Kier alpha value is -2.57. The summed E-state index contributed by atoms with van der Waals surface area (Å²) >= 11 is 0. The lowest BCUT2D eigenvalue weighted by atomic mass is 10.0. The van der Waals surface area contributed by atoms with Gasteiger partial charge in [-0.15, -0.1) is 0 Å². The minimum absolute atomic E-state index is 0.00483. The Morgan fingerprint density at radius 1 is 1.00 bits per heavy atom. The Labute approximate surface area is 134 Å². The average molecular weight is 316 g/mol. The van der Waals surface area contributed by atoms with E-state index in [1.807, 2.05) is 23.1 Å². The van der Waals surface area contributed by atoms with E-state index < -0.39 is 5.92 Å². The first-order valence-corrected chi connectivity index (χ1v) is 7.82. The highest BCUT2D eigenvalue weighted by atomic mass is 16.2. The highest BCUT2D eigenvalue weighted by Crippen LogP contribution is 2.17. The Morgan fingerprint density at radius 3 is 2.22 bits per heavy atom. The van der Waals surface area contributed by atoms with Crippen LogP contribution in [0.1, 0.15) is 12.8 Å². The Morgan fingerprint density at radius 2 is 1.61 bits per heavy atom. The third-order valence-electron chi connectivity index (χ3n) is 4.34. The zero-order valence-electron chi connectivity index (χ0n) is 12.8. The summed E-state index contributed by atoms with van der Waals surface area (Å²) in [7, 11) is 0. The van der Waals surface area contributed by atoms with Gasteiger partial charge in [-0.25, -0.2) is 0 Å². The molecular weight excluding hydrogens is 296 g/mol. The normalized spacial score (nSPS) is 18.8. The molecule has 2 aliphatic rings. The van der Waals surface area contributed by atoms with Crippen LogP contribution in [0.3, 0.4) is 0 Å². The van der Waals surface area contributed by atoms with Crippen LogP contribution in [0.25, 0.3) is 0 Å². The van der Waals surface area contributed by atoms with Crippen molar-refractivity contribution >= 4 is 23.4 Å². The van der Waals surface area contributed by atoms with Crippen molar-refractivity contribution in [3.8, 4) is 0 Å². The molecule has 23 heavy (non-hydrogen) atoms. The van der Waals surface area contributed by atoms with Crippen molar-refractivity contribution in [2.45, 2.75) is 12.8 Å². The predicted octanol–water partition coefficient (Wildman–Crippen LogP) is -0.107. The second-order valence-corrected chi connectivity index (χ2v) is 5.77. The molecule has 0 saturated carbocycles. The number of nitrogens with zero attached hydrogens (tertiary/aromatic N) is 2. The number of amides is 3. The number of carbonyl (C=O) groups is 3. The molecule has 0 unspecified atom stereocenters.